The van der Waals surface area contributed by atoms with E-state index in [0.717, 1.165) is 18.7 Å². The van der Waals surface area contributed by atoms with E-state index >= 15 is 0 Å². The Morgan fingerprint density at radius 1 is 1.24 bits per heavy atom. The van der Waals surface area contributed by atoms with Gasteiger partial charge in [-0.3, -0.25) is 0 Å². The quantitative estimate of drug-likeness (QED) is 0.731. The lowest BCUT2D eigenvalue weighted by Crippen LogP contribution is -2.25. The molecule has 1 atom stereocenters. The first-order valence-corrected chi connectivity index (χ1v) is 6.04. The summed E-state index contributed by atoms with van der Waals surface area (Å²) in [6.45, 7) is 2.50. The maximum Gasteiger partial charge on any atom is 0.121 e. The molecular formula is C13H19NO3. The third kappa shape index (κ3) is 2.97. The lowest BCUT2D eigenvalue weighted by Gasteiger charge is -2.20. The van der Waals surface area contributed by atoms with Crippen molar-refractivity contribution in [2.24, 2.45) is 0 Å². The second-order valence-corrected chi connectivity index (χ2v) is 4.57. The molecule has 17 heavy (non-hydrogen) atoms. The summed E-state index contributed by atoms with van der Waals surface area (Å²) in [4.78, 5) is 2.23. The fourth-order valence-corrected chi connectivity index (χ4v) is 2.25. The Bertz CT molecular complexity index is 375. The molecule has 0 aromatic heterocycles. The van der Waals surface area contributed by atoms with Gasteiger partial charge < -0.3 is 20.2 Å². The zero-order valence-electron chi connectivity index (χ0n) is 9.84. The van der Waals surface area contributed by atoms with Gasteiger partial charge in [0.2, 0.25) is 0 Å². The first-order valence-electron chi connectivity index (χ1n) is 6.04. The fraction of sp³-hybridized carbons (Fsp3) is 0.538. The van der Waals surface area contributed by atoms with Gasteiger partial charge in [-0.25, -0.2) is 0 Å². The molecule has 0 aliphatic carbocycles. The number of hydrogen-bond acceptors (Lipinski definition) is 4. The average molecular weight is 237 g/mol. The molecule has 1 fully saturated rings. The van der Waals surface area contributed by atoms with Crippen molar-refractivity contribution in [1.82, 2.24) is 4.90 Å². The standard InChI is InChI=1S/C13H19NO3/c15-9-11-7-10(3-4-12(11)16)13(17)8-14-5-1-2-6-14/h3-4,7,13,15-17H,1-2,5-6,8-9H2. The highest BCUT2D eigenvalue weighted by molar-refractivity contribution is 5.36. The van der Waals surface area contributed by atoms with Gasteiger partial charge in [0.15, 0.2) is 0 Å². The molecule has 0 bridgehead atoms. The first kappa shape index (κ1) is 12.4. The number of hydrogen-bond donors (Lipinski definition) is 3. The minimum atomic E-state index is -0.556. The van der Waals surface area contributed by atoms with Crippen LogP contribution >= 0.6 is 0 Å². The lowest BCUT2D eigenvalue weighted by molar-refractivity contribution is 0.126. The maximum atomic E-state index is 10.1. The fourth-order valence-electron chi connectivity index (χ4n) is 2.25. The Balaban J connectivity index is 2.04. The second-order valence-electron chi connectivity index (χ2n) is 4.57. The van der Waals surface area contributed by atoms with E-state index in [1.807, 2.05) is 0 Å². The van der Waals surface area contributed by atoms with Crippen LogP contribution in [0.4, 0.5) is 0 Å². The van der Waals surface area contributed by atoms with Gasteiger partial charge in [0.05, 0.1) is 12.7 Å². The van der Waals surface area contributed by atoms with E-state index in [1.54, 1.807) is 12.1 Å². The van der Waals surface area contributed by atoms with Crippen molar-refractivity contribution in [2.75, 3.05) is 19.6 Å². The predicted molar refractivity (Wildman–Crippen MR) is 64.7 cm³/mol. The Hall–Kier alpha value is -1.10. The number of phenols is 1. The largest absolute Gasteiger partial charge is 0.508 e. The van der Waals surface area contributed by atoms with Crippen molar-refractivity contribution >= 4 is 0 Å². The van der Waals surface area contributed by atoms with Crippen molar-refractivity contribution < 1.29 is 15.3 Å². The van der Waals surface area contributed by atoms with Gasteiger partial charge in [0.1, 0.15) is 5.75 Å². The molecule has 0 radical (unpaired) electrons. The lowest BCUT2D eigenvalue weighted by atomic mass is 10.1. The highest BCUT2D eigenvalue weighted by Crippen LogP contribution is 2.23. The molecule has 0 saturated carbocycles. The smallest absolute Gasteiger partial charge is 0.121 e. The third-order valence-electron chi connectivity index (χ3n) is 3.29. The van der Waals surface area contributed by atoms with Crippen LogP contribution in [-0.4, -0.2) is 39.9 Å². The van der Waals surface area contributed by atoms with E-state index < -0.39 is 6.10 Å². The van der Waals surface area contributed by atoms with E-state index in [1.165, 1.54) is 18.9 Å². The third-order valence-corrected chi connectivity index (χ3v) is 3.29. The highest BCUT2D eigenvalue weighted by atomic mass is 16.3. The van der Waals surface area contributed by atoms with Crippen LogP contribution in [0.1, 0.15) is 30.1 Å². The van der Waals surface area contributed by atoms with E-state index in [0.29, 0.717) is 12.1 Å². The zero-order chi connectivity index (χ0) is 12.3. The van der Waals surface area contributed by atoms with Crippen molar-refractivity contribution in [3.8, 4) is 5.75 Å². The number of rotatable bonds is 4. The van der Waals surface area contributed by atoms with Gasteiger partial charge in [-0.1, -0.05) is 6.07 Å². The molecule has 1 aliphatic rings. The molecule has 4 heteroatoms. The van der Waals surface area contributed by atoms with Crippen LogP contribution in [0.3, 0.4) is 0 Å². The summed E-state index contributed by atoms with van der Waals surface area (Å²) in [5.41, 5.74) is 1.21. The van der Waals surface area contributed by atoms with Crippen LogP contribution < -0.4 is 0 Å². The molecule has 1 heterocycles. The summed E-state index contributed by atoms with van der Waals surface area (Å²) >= 11 is 0. The number of aliphatic hydroxyl groups excluding tert-OH is 2. The number of benzene rings is 1. The second kappa shape index (κ2) is 5.49. The van der Waals surface area contributed by atoms with Crippen LogP contribution in [0.5, 0.6) is 5.75 Å². The Labute approximate surface area is 101 Å². The van der Waals surface area contributed by atoms with Crippen LogP contribution in [0.15, 0.2) is 18.2 Å². The Morgan fingerprint density at radius 3 is 2.59 bits per heavy atom. The van der Waals surface area contributed by atoms with E-state index in [4.69, 9.17) is 5.11 Å². The molecule has 3 N–H and O–H groups in total. The van der Waals surface area contributed by atoms with Crippen molar-refractivity contribution in [1.29, 1.82) is 0 Å². The van der Waals surface area contributed by atoms with Gasteiger partial charge in [-0.05, 0) is 43.6 Å². The van der Waals surface area contributed by atoms with Gasteiger partial charge in [-0.2, -0.15) is 0 Å². The normalized spacial score (nSPS) is 18.5. The topological polar surface area (TPSA) is 63.9 Å². The summed E-state index contributed by atoms with van der Waals surface area (Å²) in [5.74, 6) is 0.0737. The molecule has 4 nitrogen and oxygen atoms in total. The van der Waals surface area contributed by atoms with Crippen LogP contribution in [0.2, 0.25) is 0 Å². The number of aliphatic hydroxyl groups is 2. The summed E-state index contributed by atoms with van der Waals surface area (Å²) in [6, 6.07) is 4.89. The molecule has 1 unspecified atom stereocenters. The molecule has 1 saturated heterocycles. The highest BCUT2D eigenvalue weighted by Gasteiger charge is 2.17. The number of likely N-dealkylation sites (tertiary alicyclic amines) is 1. The first-order chi connectivity index (χ1) is 8.20. The van der Waals surface area contributed by atoms with Crippen molar-refractivity contribution in [3.63, 3.8) is 0 Å². The monoisotopic (exact) mass is 237 g/mol. The predicted octanol–water partition coefficient (Wildman–Crippen LogP) is 1.01. The molecule has 0 amide bonds. The van der Waals surface area contributed by atoms with Gasteiger partial charge in [0, 0.05) is 12.1 Å². The van der Waals surface area contributed by atoms with Crippen LogP contribution in [0.25, 0.3) is 0 Å². The number of β-amino-alcohol motifs (C(OH)–C–C–N with tert-alkyl or cyclic N) is 1. The van der Waals surface area contributed by atoms with Crippen LogP contribution in [-0.2, 0) is 6.61 Å². The zero-order valence-corrected chi connectivity index (χ0v) is 9.84. The SMILES string of the molecule is OCc1cc(C(O)CN2CCCC2)ccc1O. The molecule has 94 valence electrons. The van der Waals surface area contributed by atoms with Crippen molar-refractivity contribution in [3.05, 3.63) is 29.3 Å². The molecular weight excluding hydrogens is 218 g/mol. The Morgan fingerprint density at radius 2 is 1.94 bits per heavy atom. The molecule has 0 spiro atoms. The average Bonchev–Trinajstić information content (AvgIpc) is 2.82. The molecule has 1 aromatic carbocycles. The van der Waals surface area contributed by atoms with Crippen molar-refractivity contribution in [2.45, 2.75) is 25.6 Å². The maximum absolute atomic E-state index is 10.1. The number of nitrogens with zero attached hydrogens (tertiary/aromatic N) is 1. The summed E-state index contributed by atoms with van der Waals surface area (Å²) in [5, 5.41) is 28.6. The summed E-state index contributed by atoms with van der Waals surface area (Å²) < 4.78 is 0. The molecule has 1 aromatic rings. The van der Waals surface area contributed by atoms with Crippen LogP contribution in [0, 0.1) is 0 Å². The van der Waals surface area contributed by atoms with Gasteiger partial charge in [-0.15, -0.1) is 0 Å². The minimum absolute atomic E-state index is 0.0737. The molecule has 1 aliphatic heterocycles. The van der Waals surface area contributed by atoms with E-state index in [9.17, 15) is 10.2 Å². The Kier molecular flexibility index (Phi) is 3.99. The summed E-state index contributed by atoms with van der Waals surface area (Å²) in [6.07, 6.45) is 1.84. The molecule has 2 rings (SSSR count). The minimum Gasteiger partial charge on any atom is -0.508 e. The van der Waals surface area contributed by atoms with E-state index in [2.05, 4.69) is 4.90 Å². The number of aromatic hydroxyl groups is 1. The van der Waals surface area contributed by atoms with E-state index in [-0.39, 0.29) is 12.4 Å². The van der Waals surface area contributed by atoms with Gasteiger partial charge >= 0.3 is 0 Å². The van der Waals surface area contributed by atoms with Gasteiger partial charge in [0.25, 0.3) is 0 Å². The summed E-state index contributed by atoms with van der Waals surface area (Å²) in [7, 11) is 0.